The molecule has 4 nitrogen and oxygen atoms in total. The van der Waals surface area contributed by atoms with E-state index in [4.69, 9.17) is 5.11 Å². The van der Waals surface area contributed by atoms with Crippen LogP contribution in [0.5, 0.6) is 0 Å². The Morgan fingerprint density at radius 2 is 2.29 bits per heavy atom. The fourth-order valence-electron chi connectivity index (χ4n) is 1.55. The summed E-state index contributed by atoms with van der Waals surface area (Å²) in [5.41, 5.74) is 0. The normalized spacial score (nSPS) is 21.6. The van der Waals surface area contributed by atoms with Crippen LogP contribution in [-0.2, 0) is 9.59 Å². The van der Waals surface area contributed by atoms with E-state index >= 15 is 0 Å². The van der Waals surface area contributed by atoms with Gasteiger partial charge in [0.25, 0.3) is 0 Å². The molecule has 1 atom stereocenters. The lowest BCUT2D eigenvalue weighted by atomic mass is 10.2. The number of carboxylic acid groups (broad SMARTS) is 1. The van der Waals surface area contributed by atoms with Crippen LogP contribution in [0.25, 0.3) is 0 Å². The van der Waals surface area contributed by atoms with E-state index in [0.29, 0.717) is 25.9 Å². The van der Waals surface area contributed by atoms with Crippen LogP contribution in [0.1, 0.15) is 25.7 Å². The smallest absolute Gasteiger partial charge is 0.303 e. The Bertz CT molecular complexity index is 232. The zero-order chi connectivity index (χ0) is 10.6. The van der Waals surface area contributed by atoms with E-state index < -0.39 is 5.97 Å². The highest BCUT2D eigenvalue weighted by Gasteiger charge is 2.26. The van der Waals surface area contributed by atoms with Crippen LogP contribution in [0.3, 0.4) is 0 Å². The number of carbonyl (C=O) groups is 2. The number of nitrogens with zero attached hydrogens (tertiary/aromatic N) is 1. The van der Waals surface area contributed by atoms with Gasteiger partial charge in [0.2, 0.25) is 5.91 Å². The molecule has 80 valence electrons. The molecule has 0 aromatic rings. The third-order valence-corrected chi connectivity index (χ3v) is 2.61. The van der Waals surface area contributed by atoms with Crippen LogP contribution in [0.4, 0.5) is 0 Å². The molecule has 0 aromatic carbocycles. The predicted molar refractivity (Wildman–Crippen MR) is 55.5 cm³/mol. The molecule has 5 heteroatoms. The summed E-state index contributed by atoms with van der Waals surface area (Å²) in [5, 5.41) is 8.56. The molecule has 0 bridgehead atoms. The van der Waals surface area contributed by atoms with Crippen molar-refractivity contribution < 1.29 is 14.7 Å². The fraction of sp³-hybridized carbons (Fsp3) is 0.778. The number of thiol groups is 1. The molecule has 0 aliphatic carbocycles. The number of amides is 1. The van der Waals surface area contributed by atoms with Gasteiger partial charge in [-0.25, -0.2) is 0 Å². The molecule has 1 rings (SSSR count). The minimum atomic E-state index is -0.773. The topological polar surface area (TPSA) is 57.6 Å². The molecule has 1 aliphatic rings. The van der Waals surface area contributed by atoms with Crippen molar-refractivity contribution in [2.75, 3.05) is 13.1 Å². The lowest BCUT2D eigenvalue weighted by Crippen LogP contribution is -2.26. The summed E-state index contributed by atoms with van der Waals surface area (Å²) >= 11 is 4.23. The molecule has 1 aliphatic heterocycles. The first kappa shape index (κ1) is 11.4. The number of carboxylic acids is 1. The lowest BCUT2D eigenvalue weighted by Gasteiger charge is -2.14. The maximum atomic E-state index is 11.3. The van der Waals surface area contributed by atoms with Crippen molar-refractivity contribution in [1.29, 1.82) is 0 Å². The molecule has 0 saturated carbocycles. The summed E-state index contributed by atoms with van der Waals surface area (Å²) in [6, 6.07) is 0. The number of carbonyl (C=O) groups excluding carboxylic acids is 1. The standard InChI is InChI=1S/C9H15NO3S/c11-8-5-7(14)6-10(8)4-2-1-3-9(12)13/h7,14H,1-6H2,(H,12,13). The molecule has 1 fully saturated rings. The quantitative estimate of drug-likeness (QED) is 0.528. The Hall–Kier alpha value is -0.710. The minimum Gasteiger partial charge on any atom is -0.481 e. The second kappa shape index (κ2) is 5.24. The molecule has 1 heterocycles. The van der Waals surface area contributed by atoms with Crippen LogP contribution in [0.2, 0.25) is 0 Å². The SMILES string of the molecule is O=C(O)CCCCN1CC(S)CC1=O. The molecular weight excluding hydrogens is 202 g/mol. The van der Waals surface area contributed by atoms with Crippen LogP contribution in [0.15, 0.2) is 0 Å². The molecule has 14 heavy (non-hydrogen) atoms. The summed E-state index contributed by atoms with van der Waals surface area (Å²) in [6.07, 6.45) is 2.10. The van der Waals surface area contributed by atoms with E-state index in [1.807, 2.05) is 0 Å². The van der Waals surface area contributed by atoms with Gasteiger partial charge < -0.3 is 10.0 Å². The zero-order valence-electron chi connectivity index (χ0n) is 7.98. The molecule has 1 amide bonds. The molecule has 0 spiro atoms. The first-order valence-electron chi connectivity index (χ1n) is 4.77. The van der Waals surface area contributed by atoms with Gasteiger partial charge in [0.1, 0.15) is 0 Å². The lowest BCUT2D eigenvalue weighted by molar-refractivity contribution is -0.137. The van der Waals surface area contributed by atoms with E-state index in [2.05, 4.69) is 12.6 Å². The van der Waals surface area contributed by atoms with Crippen molar-refractivity contribution in [3.05, 3.63) is 0 Å². The van der Waals surface area contributed by atoms with E-state index in [9.17, 15) is 9.59 Å². The molecule has 0 aromatic heterocycles. The maximum absolute atomic E-state index is 11.3. The van der Waals surface area contributed by atoms with Crippen molar-refractivity contribution in [2.24, 2.45) is 0 Å². The van der Waals surface area contributed by atoms with Crippen LogP contribution >= 0.6 is 12.6 Å². The highest BCUT2D eigenvalue weighted by atomic mass is 32.1. The van der Waals surface area contributed by atoms with Crippen LogP contribution in [-0.4, -0.2) is 40.2 Å². The maximum Gasteiger partial charge on any atom is 0.303 e. The second-order valence-corrected chi connectivity index (χ2v) is 4.28. The summed E-state index contributed by atoms with van der Waals surface area (Å²) in [5.74, 6) is -0.634. The van der Waals surface area contributed by atoms with Crippen LogP contribution in [0, 0.1) is 0 Å². The average Bonchev–Trinajstić information content (AvgIpc) is 2.39. The highest BCUT2D eigenvalue weighted by Crippen LogP contribution is 2.16. The Labute approximate surface area is 88.7 Å². The third kappa shape index (κ3) is 3.57. The van der Waals surface area contributed by atoms with Gasteiger partial charge in [-0.1, -0.05) is 0 Å². The highest BCUT2D eigenvalue weighted by molar-refractivity contribution is 7.81. The number of aliphatic carboxylic acids is 1. The van der Waals surface area contributed by atoms with Crippen molar-refractivity contribution >= 4 is 24.5 Å². The van der Waals surface area contributed by atoms with E-state index in [1.165, 1.54) is 0 Å². The van der Waals surface area contributed by atoms with Gasteiger partial charge >= 0.3 is 5.97 Å². The number of hydrogen-bond acceptors (Lipinski definition) is 3. The molecule has 0 radical (unpaired) electrons. The van der Waals surface area contributed by atoms with Gasteiger partial charge in [-0.2, -0.15) is 12.6 Å². The number of rotatable bonds is 5. The number of unbranched alkanes of at least 4 members (excludes halogenated alkanes) is 1. The Balaban J connectivity index is 2.13. The van der Waals surface area contributed by atoms with Crippen molar-refractivity contribution in [2.45, 2.75) is 30.9 Å². The molecule has 1 N–H and O–H groups in total. The summed E-state index contributed by atoms with van der Waals surface area (Å²) in [4.78, 5) is 23.3. The largest absolute Gasteiger partial charge is 0.481 e. The molecular formula is C9H15NO3S. The van der Waals surface area contributed by atoms with Gasteiger partial charge in [-0.05, 0) is 12.8 Å². The van der Waals surface area contributed by atoms with E-state index in [-0.39, 0.29) is 17.6 Å². The fourth-order valence-corrected chi connectivity index (χ4v) is 1.90. The van der Waals surface area contributed by atoms with E-state index in [1.54, 1.807) is 4.90 Å². The second-order valence-electron chi connectivity index (χ2n) is 3.55. The van der Waals surface area contributed by atoms with Crippen molar-refractivity contribution in [3.8, 4) is 0 Å². The van der Waals surface area contributed by atoms with Crippen molar-refractivity contribution in [3.63, 3.8) is 0 Å². The third-order valence-electron chi connectivity index (χ3n) is 2.26. The first-order valence-corrected chi connectivity index (χ1v) is 5.29. The van der Waals surface area contributed by atoms with Gasteiger partial charge in [0.15, 0.2) is 0 Å². The summed E-state index contributed by atoms with van der Waals surface area (Å²) in [6.45, 7) is 1.37. The number of likely N-dealkylation sites (tertiary alicyclic amines) is 1. The number of hydrogen-bond donors (Lipinski definition) is 2. The minimum absolute atomic E-state index is 0.139. The monoisotopic (exact) mass is 217 g/mol. The Morgan fingerprint density at radius 1 is 1.57 bits per heavy atom. The molecule has 1 unspecified atom stereocenters. The van der Waals surface area contributed by atoms with Gasteiger partial charge in [-0.3, -0.25) is 9.59 Å². The van der Waals surface area contributed by atoms with Crippen molar-refractivity contribution in [1.82, 2.24) is 4.90 Å². The first-order chi connectivity index (χ1) is 6.59. The van der Waals surface area contributed by atoms with Gasteiger partial charge in [-0.15, -0.1) is 0 Å². The Morgan fingerprint density at radius 3 is 2.79 bits per heavy atom. The van der Waals surface area contributed by atoms with Gasteiger partial charge in [0.05, 0.1) is 0 Å². The molecule has 1 saturated heterocycles. The zero-order valence-corrected chi connectivity index (χ0v) is 8.87. The van der Waals surface area contributed by atoms with E-state index in [0.717, 1.165) is 6.42 Å². The van der Waals surface area contributed by atoms with Gasteiger partial charge in [0, 0.05) is 31.2 Å². The summed E-state index contributed by atoms with van der Waals surface area (Å²) < 4.78 is 0. The van der Waals surface area contributed by atoms with Crippen LogP contribution < -0.4 is 0 Å². The Kier molecular flexibility index (Phi) is 4.25. The predicted octanol–water partition coefficient (Wildman–Crippen LogP) is 0.772. The average molecular weight is 217 g/mol. The summed E-state index contributed by atoms with van der Waals surface area (Å²) in [7, 11) is 0.